The number of para-hydroxylation sites is 1. The van der Waals surface area contributed by atoms with E-state index >= 15 is 0 Å². The molecule has 0 spiro atoms. The van der Waals surface area contributed by atoms with Crippen LogP contribution >= 0.6 is 11.6 Å². The molecule has 0 unspecified atom stereocenters. The molecule has 0 atom stereocenters. The van der Waals surface area contributed by atoms with Crippen LogP contribution in [-0.2, 0) is 0 Å². The molecule has 26 heavy (non-hydrogen) atoms. The van der Waals surface area contributed by atoms with E-state index in [2.05, 4.69) is 10.3 Å². The molecular weight excluding hydrogens is 346 g/mol. The van der Waals surface area contributed by atoms with E-state index in [0.29, 0.717) is 10.8 Å². The van der Waals surface area contributed by atoms with E-state index in [-0.39, 0.29) is 0 Å². The Bertz CT molecular complexity index is 1070. The Morgan fingerprint density at radius 1 is 0.962 bits per heavy atom. The maximum absolute atomic E-state index is 6.26. The number of hydrogen-bond acceptors (Lipinski definition) is 4. The van der Waals surface area contributed by atoms with Gasteiger partial charge in [0.2, 0.25) is 0 Å². The third-order valence-electron chi connectivity index (χ3n) is 4.12. The molecule has 128 valence electrons. The molecule has 2 heterocycles. The van der Waals surface area contributed by atoms with Gasteiger partial charge in [0.25, 0.3) is 0 Å². The number of halogens is 1. The van der Waals surface area contributed by atoms with Crippen molar-refractivity contribution in [3.63, 3.8) is 0 Å². The van der Waals surface area contributed by atoms with Crippen molar-refractivity contribution in [3.05, 3.63) is 78.1 Å². The third kappa shape index (κ3) is 3.19. The number of methoxy groups -OCH3 is 1. The van der Waals surface area contributed by atoms with E-state index in [1.807, 2.05) is 60.7 Å². The van der Waals surface area contributed by atoms with Crippen molar-refractivity contribution in [3.8, 4) is 17.0 Å². The number of anilines is 2. The number of hydrogen-bond donors (Lipinski definition) is 1. The van der Waals surface area contributed by atoms with E-state index in [1.54, 1.807) is 19.5 Å². The number of ether oxygens (including phenoxy) is 1. The molecule has 0 aliphatic heterocycles. The zero-order chi connectivity index (χ0) is 17.9. The molecule has 4 rings (SSSR count). The van der Waals surface area contributed by atoms with E-state index in [4.69, 9.17) is 21.3 Å². The summed E-state index contributed by atoms with van der Waals surface area (Å²) in [5.41, 5.74) is 4.66. The molecule has 0 radical (unpaired) electrons. The van der Waals surface area contributed by atoms with Gasteiger partial charge in [-0.15, -0.1) is 0 Å². The number of nitrogens with zero attached hydrogens (tertiary/aromatic N) is 2. The Balaban J connectivity index is 1.82. The Hall–Kier alpha value is -3.11. The van der Waals surface area contributed by atoms with Crippen LogP contribution < -0.4 is 10.1 Å². The average Bonchev–Trinajstić information content (AvgIpc) is 2.69. The number of aromatic nitrogens is 2. The lowest BCUT2D eigenvalue weighted by atomic mass is 10.1. The largest absolute Gasteiger partial charge is 0.495 e. The van der Waals surface area contributed by atoms with Gasteiger partial charge in [-0.3, -0.25) is 4.98 Å². The van der Waals surface area contributed by atoms with Gasteiger partial charge in [0.15, 0.2) is 0 Å². The minimum atomic E-state index is 0.560. The first-order valence-electron chi connectivity index (χ1n) is 8.15. The molecule has 0 saturated carbocycles. The smallest absolute Gasteiger partial charge is 0.137 e. The second-order valence-corrected chi connectivity index (χ2v) is 6.19. The number of benzene rings is 2. The summed E-state index contributed by atoms with van der Waals surface area (Å²) in [5, 5.41) is 5.05. The molecule has 2 aromatic carbocycles. The molecule has 0 saturated heterocycles. The maximum Gasteiger partial charge on any atom is 0.137 e. The minimum Gasteiger partial charge on any atom is -0.495 e. The average molecular weight is 362 g/mol. The summed E-state index contributed by atoms with van der Waals surface area (Å²) in [6.45, 7) is 0. The van der Waals surface area contributed by atoms with Gasteiger partial charge in [-0.1, -0.05) is 29.8 Å². The summed E-state index contributed by atoms with van der Waals surface area (Å²) in [6, 6.07) is 19.6. The predicted octanol–water partition coefficient (Wildman–Crippen LogP) is 5.70. The number of pyridine rings is 2. The Labute approximate surface area is 156 Å². The van der Waals surface area contributed by atoms with Crippen LogP contribution in [0, 0.1) is 0 Å². The van der Waals surface area contributed by atoms with E-state index in [1.165, 1.54) is 0 Å². The zero-order valence-corrected chi connectivity index (χ0v) is 14.9. The zero-order valence-electron chi connectivity index (χ0n) is 14.1. The van der Waals surface area contributed by atoms with Gasteiger partial charge in [0, 0.05) is 29.0 Å². The fraction of sp³-hybridized carbons (Fsp3) is 0.0476. The summed E-state index contributed by atoms with van der Waals surface area (Å²) in [6.07, 6.45) is 3.53. The fourth-order valence-electron chi connectivity index (χ4n) is 2.85. The third-order valence-corrected chi connectivity index (χ3v) is 4.42. The van der Waals surface area contributed by atoms with Crippen LogP contribution in [0.4, 0.5) is 11.4 Å². The van der Waals surface area contributed by atoms with Gasteiger partial charge in [-0.2, -0.15) is 0 Å². The fourth-order valence-corrected chi connectivity index (χ4v) is 3.11. The van der Waals surface area contributed by atoms with Crippen LogP contribution in [0.25, 0.3) is 22.2 Å². The van der Waals surface area contributed by atoms with Gasteiger partial charge in [-0.25, -0.2) is 4.98 Å². The molecule has 0 fully saturated rings. The lowest BCUT2D eigenvalue weighted by Crippen LogP contribution is -1.95. The van der Waals surface area contributed by atoms with Gasteiger partial charge in [0.05, 0.1) is 29.0 Å². The van der Waals surface area contributed by atoms with E-state index in [0.717, 1.165) is 33.5 Å². The van der Waals surface area contributed by atoms with E-state index in [9.17, 15) is 0 Å². The lowest BCUT2D eigenvalue weighted by molar-refractivity contribution is 0.415. The van der Waals surface area contributed by atoms with Crippen LogP contribution in [0.2, 0.25) is 5.02 Å². The SMILES string of the molecule is COc1ccc(Nc2cc(-c3ccncc3)nc3ccccc23)cc1Cl. The predicted molar refractivity (Wildman–Crippen MR) is 106 cm³/mol. The number of rotatable bonds is 4. The summed E-state index contributed by atoms with van der Waals surface area (Å²) >= 11 is 6.26. The Morgan fingerprint density at radius 3 is 2.54 bits per heavy atom. The highest BCUT2D eigenvalue weighted by Crippen LogP contribution is 2.33. The molecule has 1 N–H and O–H groups in total. The minimum absolute atomic E-state index is 0.560. The topological polar surface area (TPSA) is 47.0 Å². The van der Waals surface area contributed by atoms with Gasteiger partial charge in [0.1, 0.15) is 5.75 Å². The second kappa shape index (κ2) is 7.02. The standard InChI is InChI=1S/C21H16ClN3O/c1-26-21-7-6-15(12-17(21)22)24-20-13-19(14-8-10-23-11-9-14)25-18-5-3-2-4-16(18)20/h2-13H,1H3,(H,24,25). The van der Waals surface area contributed by atoms with Crippen LogP contribution in [-0.4, -0.2) is 17.1 Å². The Morgan fingerprint density at radius 2 is 1.77 bits per heavy atom. The number of nitrogens with one attached hydrogen (secondary N) is 1. The molecule has 2 aromatic heterocycles. The van der Waals surface area contributed by atoms with Crippen LogP contribution in [0.15, 0.2) is 73.1 Å². The highest BCUT2D eigenvalue weighted by Gasteiger charge is 2.09. The van der Waals surface area contributed by atoms with Crippen molar-refractivity contribution in [2.45, 2.75) is 0 Å². The molecule has 5 heteroatoms. The van der Waals surface area contributed by atoms with Crippen LogP contribution in [0.3, 0.4) is 0 Å². The second-order valence-electron chi connectivity index (χ2n) is 5.78. The first-order valence-corrected chi connectivity index (χ1v) is 8.53. The van der Waals surface area contributed by atoms with Gasteiger partial charge >= 0.3 is 0 Å². The first-order chi connectivity index (χ1) is 12.7. The normalized spacial score (nSPS) is 10.7. The van der Waals surface area contributed by atoms with Crippen molar-refractivity contribution < 1.29 is 4.74 Å². The molecule has 4 nitrogen and oxygen atoms in total. The highest BCUT2D eigenvalue weighted by molar-refractivity contribution is 6.32. The van der Waals surface area contributed by atoms with Crippen LogP contribution in [0.5, 0.6) is 5.75 Å². The lowest BCUT2D eigenvalue weighted by Gasteiger charge is -2.13. The molecule has 0 amide bonds. The molecule has 0 bridgehead atoms. The van der Waals surface area contributed by atoms with Crippen molar-refractivity contribution >= 4 is 33.9 Å². The summed E-state index contributed by atoms with van der Waals surface area (Å²) < 4.78 is 5.22. The first kappa shape index (κ1) is 16.4. The molecule has 0 aliphatic rings. The van der Waals surface area contributed by atoms with Crippen molar-refractivity contribution in [1.29, 1.82) is 0 Å². The highest BCUT2D eigenvalue weighted by atomic mass is 35.5. The summed E-state index contributed by atoms with van der Waals surface area (Å²) in [7, 11) is 1.60. The van der Waals surface area contributed by atoms with Crippen molar-refractivity contribution in [2.24, 2.45) is 0 Å². The van der Waals surface area contributed by atoms with E-state index < -0.39 is 0 Å². The number of fused-ring (bicyclic) bond motifs is 1. The Kier molecular flexibility index (Phi) is 4.42. The molecular formula is C21H16ClN3O. The van der Waals surface area contributed by atoms with Crippen LogP contribution in [0.1, 0.15) is 0 Å². The monoisotopic (exact) mass is 361 g/mol. The van der Waals surface area contributed by atoms with Crippen molar-refractivity contribution in [2.75, 3.05) is 12.4 Å². The van der Waals surface area contributed by atoms with Crippen molar-refractivity contribution in [1.82, 2.24) is 9.97 Å². The van der Waals surface area contributed by atoms with Gasteiger partial charge in [-0.05, 0) is 42.5 Å². The molecule has 0 aliphatic carbocycles. The summed E-state index contributed by atoms with van der Waals surface area (Å²) in [4.78, 5) is 8.86. The summed E-state index contributed by atoms with van der Waals surface area (Å²) in [5.74, 6) is 0.647. The molecule has 4 aromatic rings. The quantitative estimate of drug-likeness (QED) is 0.506. The maximum atomic E-state index is 6.26. The van der Waals surface area contributed by atoms with Gasteiger partial charge < -0.3 is 10.1 Å².